The number of rotatable bonds is 4. The van der Waals surface area contributed by atoms with Gasteiger partial charge in [-0.15, -0.1) is 10.2 Å². The number of benzene rings is 2. The van der Waals surface area contributed by atoms with E-state index in [9.17, 15) is 4.79 Å². The van der Waals surface area contributed by atoms with E-state index < -0.39 is 0 Å². The first-order chi connectivity index (χ1) is 12.1. The van der Waals surface area contributed by atoms with Crippen molar-refractivity contribution in [3.63, 3.8) is 0 Å². The Morgan fingerprint density at radius 1 is 1.16 bits per heavy atom. The molecule has 1 amide bonds. The van der Waals surface area contributed by atoms with Crippen LogP contribution in [0.3, 0.4) is 0 Å². The number of nitrogens with zero attached hydrogens (tertiary/aromatic N) is 3. The average Bonchev–Trinajstić information content (AvgIpc) is 3.16. The van der Waals surface area contributed by atoms with E-state index in [1.807, 2.05) is 60.7 Å². The summed E-state index contributed by atoms with van der Waals surface area (Å²) >= 11 is 3.01. The standard InChI is InChI=1S/C18H16N4OS2/c1-11-7-3-4-8-13(11)19-16(23)12(2)24-17-20-21-18-22(17)14-9-5-6-10-15(14)25-18/h3-10,12H,1-2H3,(H,19,23). The van der Waals surface area contributed by atoms with Crippen molar-refractivity contribution in [3.8, 4) is 0 Å². The lowest BCUT2D eigenvalue weighted by molar-refractivity contribution is -0.115. The Balaban J connectivity index is 1.58. The number of fused-ring (bicyclic) bond motifs is 3. The number of hydrogen-bond donors (Lipinski definition) is 1. The summed E-state index contributed by atoms with van der Waals surface area (Å²) in [4.78, 5) is 13.4. The Labute approximate surface area is 153 Å². The van der Waals surface area contributed by atoms with Crippen LogP contribution in [0.25, 0.3) is 15.2 Å². The number of thioether (sulfide) groups is 1. The van der Waals surface area contributed by atoms with Gasteiger partial charge in [-0.25, -0.2) is 0 Å². The maximum Gasteiger partial charge on any atom is 0.237 e. The van der Waals surface area contributed by atoms with E-state index in [0.29, 0.717) is 0 Å². The molecule has 0 fully saturated rings. The molecule has 7 heteroatoms. The lowest BCUT2D eigenvalue weighted by atomic mass is 10.2. The van der Waals surface area contributed by atoms with Crippen LogP contribution in [0, 0.1) is 6.92 Å². The van der Waals surface area contributed by atoms with Gasteiger partial charge in [0.05, 0.1) is 15.5 Å². The summed E-state index contributed by atoms with van der Waals surface area (Å²) in [5.41, 5.74) is 2.95. The SMILES string of the molecule is Cc1ccccc1NC(=O)C(C)Sc1nnc2sc3ccccc3n12. The van der Waals surface area contributed by atoms with Gasteiger partial charge in [0.2, 0.25) is 10.9 Å². The van der Waals surface area contributed by atoms with Crippen LogP contribution in [-0.4, -0.2) is 25.8 Å². The summed E-state index contributed by atoms with van der Waals surface area (Å²) in [6.45, 7) is 3.86. The zero-order valence-electron chi connectivity index (χ0n) is 13.8. The molecule has 0 saturated carbocycles. The maximum absolute atomic E-state index is 12.5. The minimum atomic E-state index is -0.286. The van der Waals surface area contributed by atoms with Crippen molar-refractivity contribution in [3.05, 3.63) is 54.1 Å². The van der Waals surface area contributed by atoms with Gasteiger partial charge < -0.3 is 5.32 Å². The summed E-state index contributed by atoms with van der Waals surface area (Å²) in [7, 11) is 0. The Morgan fingerprint density at radius 2 is 1.92 bits per heavy atom. The second kappa shape index (κ2) is 6.50. The molecule has 25 heavy (non-hydrogen) atoms. The highest BCUT2D eigenvalue weighted by Gasteiger charge is 2.20. The first kappa shape index (κ1) is 16.1. The Bertz CT molecular complexity index is 1070. The van der Waals surface area contributed by atoms with Crippen LogP contribution in [0.2, 0.25) is 0 Å². The number of thiazole rings is 1. The van der Waals surface area contributed by atoms with E-state index in [1.165, 1.54) is 11.8 Å². The third-order valence-corrected chi connectivity index (χ3v) is 6.02. The number of carbonyl (C=O) groups is 1. The minimum Gasteiger partial charge on any atom is -0.325 e. The van der Waals surface area contributed by atoms with Gasteiger partial charge in [0.15, 0.2) is 5.16 Å². The number of nitrogens with one attached hydrogen (secondary N) is 1. The van der Waals surface area contributed by atoms with Gasteiger partial charge in [0, 0.05) is 5.69 Å². The fourth-order valence-electron chi connectivity index (χ4n) is 2.59. The Hall–Kier alpha value is -2.38. The highest BCUT2D eigenvalue weighted by molar-refractivity contribution is 8.00. The quantitative estimate of drug-likeness (QED) is 0.543. The fraction of sp³-hybridized carbons (Fsp3) is 0.167. The molecule has 5 nitrogen and oxygen atoms in total. The maximum atomic E-state index is 12.5. The van der Waals surface area contributed by atoms with Crippen molar-refractivity contribution in [1.29, 1.82) is 0 Å². The summed E-state index contributed by atoms with van der Waals surface area (Å²) in [6, 6.07) is 15.9. The molecule has 1 N–H and O–H groups in total. The van der Waals surface area contributed by atoms with Gasteiger partial charge in [-0.3, -0.25) is 9.20 Å². The van der Waals surface area contributed by atoms with Gasteiger partial charge in [-0.1, -0.05) is 53.4 Å². The number of para-hydroxylation sites is 2. The Morgan fingerprint density at radius 3 is 2.76 bits per heavy atom. The third-order valence-electron chi connectivity index (χ3n) is 3.97. The molecule has 4 rings (SSSR count). The van der Waals surface area contributed by atoms with Crippen LogP contribution in [0.15, 0.2) is 53.7 Å². The summed E-state index contributed by atoms with van der Waals surface area (Å²) in [5, 5.41) is 11.9. The molecule has 2 heterocycles. The summed E-state index contributed by atoms with van der Waals surface area (Å²) in [5.74, 6) is -0.0458. The van der Waals surface area contributed by atoms with Gasteiger partial charge in [0.25, 0.3) is 0 Å². The predicted octanol–water partition coefficient (Wildman–Crippen LogP) is 4.37. The topological polar surface area (TPSA) is 59.3 Å². The van der Waals surface area contributed by atoms with Gasteiger partial charge >= 0.3 is 0 Å². The van der Waals surface area contributed by atoms with Crippen molar-refractivity contribution in [2.45, 2.75) is 24.3 Å². The lowest BCUT2D eigenvalue weighted by Gasteiger charge is -2.12. The smallest absolute Gasteiger partial charge is 0.237 e. The summed E-state index contributed by atoms with van der Waals surface area (Å²) < 4.78 is 3.17. The number of carbonyl (C=O) groups excluding carboxylic acids is 1. The molecule has 126 valence electrons. The largest absolute Gasteiger partial charge is 0.325 e. The molecule has 0 saturated heterocycles. The molecular formula is C18H16N4OS2. The number of hydrogen-bond acceptors (Lipinski definition) is 5. The zero-order valence-corrected chi connectivity index (χ0v) is 15.4. The predicted molar refractivity (Wildman–Crippen MR) is 103 cm³/mol. The number of aryl methyl sites for hydroxylation is 1. The van der Waals surface area contributed by atoms with Gasteiger partial charge in [-0.2, -0.15) is 0 Å². The molecule has 0 radical (unpaired) electrons. The second-order valence-corrected chi connectivity index (χ2v) is 8.05. The monoisotopic (exact) mass is 368 g/mol. The molecule has 2 aromatic heterocycles. The molecule has 0 bridgehead atoms. The molecule has 1 unspecified atom stereocenters. The van der Waals surface area contributed by atoms with Crippen LogP contribution in [0.1, 0.15) is 12.5 Å². The molecule has 0 aliphatic rings. The average molecular weight is 368 g/mol. The highest BCUT2D eigenvalue weighted by Crippen LogP contribution is 2.31. The van der Waals surface area contributed by atoms with Crippen LogP contribution in [0.4, 0.5) is 5.69 Å². The molecule has 0 aliphatic heterocycles. The normalized spacial score (nSPS) is 12.6. The molecular weight excluding hydrogens is 352 g/mol. The summed E-state index contributed by atoms with van der Waals surface area (Å²) in [6.07, 6.45) is 0. The van der Waals surface area contributed by atoms with Crippen molar-refractivity contribution in [2.75, 3.05) is 5.32 Å². The molecule has 2 aromatic carbocycles. The van der Waals surface area contributed by atoms with Crippen molar-refractivity contribution in [1.82, 2.24) is 14.6 Å². The van der Waals surface area contributed by atoms with Crippen LogP contribution < -0.4 is 5.32 Å². The third kappa shape index (κ3) is 3.01. The van der Waals surface area contributed by atoms with E-state index >= 15 is 0 Å². The van der Waals surface area contributed by atoms with Crippen molar-refractivity contribution in [2.24, 2.45) is 0 Å². The molecule has 0 aliphatic carbocycles. The molecule has 0 spiro atoms. The number of amides is 1. The van der Waals surface area contributed by atoms with Gasteiger partial charge in [0.1, 0.15) is 0 Å². The van der Waals surface area contributed by atoms with E-state index in [-0.39, 0.29) is 11.2 Å². The number of anilines is 1. The first-order valence-electron chi connectivity index (χ1n) is 7.89. The van der Waals surface area contributed by atoms with E-state index in [2.05, 4.69) is 21.6 Å². The fourth-order valence-corrected chi connectivity index (χ4v) is 4.47. The van der Waals surface area contributed by atoms with Crippen LogP contribution >= 0.6 is 23.1 Å². The Kier molecular flexibility index (Phi) is 4.19. The second-order valence-electron chi connectivity index (χ2n) is 5.73. The van der Waals surface area contributed by atoms with Crippen molar-refractivity contribution >= 4 is 49.9 Å². The highest BCUT2D eigenvalue weighted by atomic mass is 32.2. The van der Waals surface area contributed by atoms with Crippen LogP contribution in [-0.2, 0) is 4.79 Å². The van der Waals surface area contributed by atoms with Crippen molar-refractivity contribution < 1.29 is 4.79 Å². The minimum absolute atomic E-state index is 0.0458. The van der Waals surface area contributed by atoms with Gasteiger partial charge in [-0.05, 0) is 37.6 Å². The lowest BCUT2D eigenvalue weighted by Crippen LogP contribution is -2.23. The molecule has 4 aromatic rings. The number of aromatic nitrogens is 3. The van der Waals surface area contributed by atoms with E-state index in [4.69, 9.17) is 0 Å². The first-order valence-corrected chi connectivity index (χ1v) is 9.59. The zero-order chi connectivity index (χ0) is 17.4. The van der Waals surface area contributed by atoms with E-state index in [0.717, 1.165) is 31.6 Å². The molecule has 1 atom stereocenters. The van der Waals surface area contributed by atoms with E-state index in [1.54, 1.807) is 11.3 Å². The van der Waals surface area contributed by atoms with Crippen LogP contribution in [0.5, 0.6) is 0 Å².